The van der Waals surface area contributed by atoms with Crippen molar-refractivity contribution in [2.45, 2.75) is 39.0 Å². The van der Waals surface area contributed by atoms with Crippen LogP contribution in [-0.2, 0) is 9.53 Å². The molecular formula is C9H15NO2. The summed E-state index contributed by atoms with van der Waals surface area (Å²) < 4.78 is 5.56. The predicted molar refractivity (Wildman–Crippen MR) is 44.4 cm³/mol. The van der Waals surface area contributed by atoms with Crippen LogP contribution in [0.15, 0.2) is 0 Å². The monoisotopic (exact) mass is 169 g/mol. The summed E-state index contributed by atoms with van der Waals surface area (Å²) in [6.07, 6.45) is 2.19. The smallest absolute Gasteiger partial charge is 0.230 e. The van der Waals surface area contributed by atoms with Gasteiger partial charge in [0.05, 0.1) is 12.5 Å². The highest BCUT2D eigenvalue weighted by molar-refractivity contribution is 5.80. The third-order valence-corrected chi connectivity index (χ3v) is 2.83. The Labute approximate surface area is 72.7 Å². The molecule has 3 atom stereocenters. The molecule has 3 heteroatoms. The molecule has 0 saturated carbocycles. The Balaban J connectivity index is 2.17. The Hall–Kier alpha value is -0.570. The van der Waals surface area contributed by atoms with E-state index in [2.05, 4.69) is 6.92 Å². The molecule has 0 radical (unpaired) electrons. The highest BCUT2D eigenvalue weighted by Crippen LogP contribution is 2.30. The van der Waals surface area contributed by atoms with Gasteiger partial charge in [-0.1, -0.05) is 6.92 Å². The Morgan fingerprint density at radius 1 is 1.42 bits per heavy atom. The lowest BCUT2D eigenvalue weighted by atomic mass is 10.1. The number of carbonyl (C=O) groups is 1. The fourth-order valence-electron chi connectivity index (χ4n) is 2.05. The first-order chi connectivity index (χ1) is 5.70. The maximum absolute atomic E-state index is 11.7. The van der Waals surface area contributed by atoms with Crippen LogP contribution in [0.1, 0.15) is 26.7 Å². The van der Waals surface area contributed by atoms with Gasteiger partial charge in [-0.2, -0.15) is 0 Å². The maximum atomic E-state index is 11.7. The molecular weight excluding hydrogens is 154 g/mol. The van der Waals surface area contributed by atoms with Gasteiger partial charge in [0.2, 0.25) is 5.91 Å². The predicted octanol–water partition coefficient (Wildman–Crippen LogP) is 0.990. The molecule has 1 amide bonds. The number of rotatable bonds is 0. The fraction of sp³-hybridized carbons (Fsp3) is 0.889. The van der Waals surface area contributed by atoms with E-state index in [4.69, 9.17) is 4.74 Å². The second-order valence-corrected chi connectivity index (χ2v) is 3.86. The normalized spacial score (nSPS) is 41.7. The summed E-state index contributed by atoms with van der Waals surface area (Å²) >= 11 is 0. The van der Waals surface area contributed by atoms with E-state index in [0.717, 1.165) is 12.8 Å². The van der Waals surface area contributed by atoms with E-state index in [1.54, 1.807) is 0 Å². The number of ether oxygens (including phenoxy) is 1. The third kappa shape index (κ3) is 1.04. The van der Waals surface area contributed by atoms with Crippen LogP contribution in [0.5, 0.6) is 0 Å². The van der Waals surface area contributed by atoms with Crippen molar-refractivity contribution in [3.63, 3.8) is 0 Å². The highest BCUT2D eigenvalue weighted by atomic mass is 16.5. The van der Waals surface area contributed by atoms with Gasteiger partial charge in [-0.15, -0.1) is 0 Å². The van der Waals surface area contributed by atoms with Crippen molar-refractivity contribution in [1.82, 2.24) is 4.90 Å². The summed E-state index contributed by atoms with van der Waals surface area (Å²) in [6, 6.07) is 0.380. The standard InChI is InChI=1S/C9H15NO2/c1-6-5-12-8-4-3-7(2)10(8)9(6)11/h6-8H,3-5H2,1-2H3/t6-,7+,8-/m0/s1. The first kappa shape index (κ1) is 8.05. The molecule has 0 bridgehead atoms. The van der Waals surface area contributed by atoms with E-state index in [1.807, 2.05) is 11.8 Å². The molecule has 2 heterocycles. The number of amides is 1. The van der Waals surface area contributed by atoms with E-state index in [0.29, 0.717) is 12.6 Å². The van der Waals surface area contributed by atoms with Gasteiger partial charge in [-0.05, 0) is 19.8 Å². The second kappa shape index (κ2) is 2.73. The Kier molecular flexibility index (Phi) is 1.83. The van der Waals surface area contributed by atoms with Crippen LogP contribution >= 0.6 is 0 Å². The van der Waals surface area contributed by atoms with Crippen molar-refractivity contribution in [2.24, 2.45) is 5.92 Å². The Bertz CT molecular complexity index is 205. The molecule has 0 spiro atoms. The summed E-state index contributed by atoms with van der Waals surface area (Å²) in [5.74, 6) is 0.332. The van der Waals surface area contributed by atoms with Gasteiger partial charge in [-0.25, -0.2) is 0 Å². The van der Waals surface area contributed by atoms with Crippen LogP contribution in [0.4, 0.5) is 0 Å². The molecule has 68 valence electrons. The second-order valence-electron chi connectivity index (χ2n) is 3.86. The summed E-state index contributed by atoms with van der Waals surface area (Å²) in [6.45, 7) is 4.63. The van der Waals surface area contributed by atoms with E-state index in [9.17, 15) is 4.79 Å². The number of hydrogen-bond acceptors (Lipinski definition) is 2. The van der Waals surface area contributed by atoms with Crippen molar-refractivity contribution in [3.8, 4) is 0 Å². The molecule has 12 heavy (non-hydrogen) atoms. The van der Waals surface area contributed by atoms with Crippen LogP contribution in [0, 0.1) is 5.92 Å². The SMILES string of the molecule is C[C@@H]1CC[C@@H]2OC[C@H](C)C(=O)N12. The molecule has 0 aromatic rings. The zero-order chi connectivity index (χ0) is 8.72. The van der Waals surface area contributed by atoms with Crippen LogP contribution in [0.25, 0.3) is 0 Å². The van der Waals surface area contributed by atoms with Crippen LogP contribution in [-0.4, -0.2) is 29.7 Å². The van der Waals surface area contributed by atoms with Crippen molar-refractivity contribution >= 4 is 5.91 Å². The minimum atomic E-state index is 0.0572. The molecule has 0 unspecified atom stereocenters. The fourth-order valence-corrected chi connectivity index (χ4v) is 2.05. The highest BCUT2D eigenvalue weighted by Gasteiger charge is 2.40. The molecule has 2 rings (SSSR count). The summed E-state index contributed by atoms with van der Waals surface area (Å²) in [5.41, 5.74) is 0. The molecule has 0 aromatic heterocycles. The molecule has 0 N–H and O–H groups in total. The van der Waals surface area contributed by atoms with Gasteiger partial charge in [0.25, 0.3) is 0 Å². The van der Waals surface area contributed by atoms with Gasteiger partial charge in [0, 0.05) is 6.04 Å². The van der Waals surface area contributed by atoms with Crippen molar-refractivity contribution in [3.05, 3.63) is 0 Å². The van der Waals surface area contributed by atoms with Crippen molar-refractivity contribution in [2.75, 3.05) is 6.61 Å². The average molecular weight is 169 g/mol. The summed E-state index contributed by atoms with van der Waals surface area (Å²) in [5, 5.41) is 0. The van der Waals surface area contributed by atoms with E-state index in [-0.39, 0.29) is 18.1 Å². The Morgan fingerprint density at radius 2 is 2.17 bits per heavy atom. The van der Waals surface area contributed by atoms with E-state index in [1.165, 1.54) is 0 Å². The van der Waals surface area contributed by atoms with E-state index < -0.39 is 0 Å². The molecule has 2 aliphatic heterocycles. The summed E-state index contributed by atoms with van der Waals surface area (Å²) in [7, 11) is 0. The minimum Gasteiger partial charge on any atom is -0.357 e. The van der Waals surface area contributed by atoms with Gasteiger partial charge in [0.15, 0.2) is 0 Å². The number of fused-ring (bicyclic) bond motifs is 1. The quantitative estimate of drug-likeness (QED) is 0.541. The molecule has 2 fully saturated rings. The molecule has 2 aliphatic rings. The largest absolute Gasteiger partial charge is 0.357 e. The van der Waals surface area contributed by atoms with Gasteiger partial charge < -0.3 is 9.64 Å². The number of hydrogen-bond donors (Lipinski definition) is 0. The minimum absolute atomic E-state index is 0.0572. The third-order valence-electron chi connectivity index (χ3n) is 2.83. The summed E-state index contributed by atoms with van der Waals surface area (Å²) in [4.78, 5) is 13.6. The first-order valence-corrected chi connectivity index (χ1v) is 4.64. The molecule has 0 aliphatic carbocycles. The lowest BCUT2D eigenvalue weighted by Gasteiger charge is -2.35. The van der Waals surface area contributed by atoms with Crippen LogP contribution < -0.4 is 0 Å². The van der Waals surface area contributed by atoms with Crippen LogP contribution in [0.2, 0.25) is 0 Å². The molecule has 3 nitrogen and oxygen atoms in total. The number of nitrogens with zero attached hydrogens (tertiary/aromatic N) is 1. The Morgan fingerprint density at radius 3 is 2.92 bits per heavy atom. The zero-order valence-corrected chi connectivity index (χ0v) is 7.62. The van der Waals surface area contributed by atoms with Crippen molar-refractivity contribution < 1.29 is 9.53 Å². The zero-order valence-electron chi connectivity index (χ0n) is 7.62. The van der Waals surface area contributed by atoms with Crippen molar-refractivity contribution in [1.29, 1.82) is 0 Å². The van der Waals surface area contributed by atoms with Gasteiger partial charge in [0.1, 0.15) is 6.23 Å². The molecule has 0 aromatic carbocycles. The van der Waals surface area contributed by atoms with E-state index >= 15 is 0 Å². The topological polar surface area (TPSA) is 29.5 Å². The molecule has 2 saturated heterocycles. The number of carbonyl (C=O) groups excluding carboxylic acids is 1. The van der Waals surface area contributed by atoms with Gasteiger partial charge >= 0.3 is 0 Å². The maximum Gasteiger partial charge on any atom is 0.230 e. The lowest BCUT2D eigenvalue weighted by Crippen LogP contribution is -2.49. The van der Waals surface area contributed by atoms with Gasteiger partial charge in [-0.3, -0.25) is 4.79 Å². The first-order valence-electron chi connectivity index (χ1n) is 4.64. The van der Waals surface area contributed by atoms with Crippen LogP contribution in [0.3, 0.4) is 0 Å². The average Bonchev–Trinajstić information content (AvgIpc) is 2.41. The lowest BCUT2D eigenvalue weighted by molar-refractivity contribution is -0.166.